The molecule has 2 heterocycles. The van der Waals surface area contributed by atoms with Gasteiger partial charge in [-0.15, -0.1) is 0 Å². The maximum atomic E-state index is 12.1. The summed E-state index contributed by atoms with van der Waals surface area (Å²) in [5, 5.41) is 9.34. The average Bonchev–Trinajstić information content (AvgIpc) is 2.36. The van der Waals surface area contributed by atoms with Gasteiger partial charge in [-0.1, -0.05) is 13.8 Å². The minimum absolute atomic E-state index is 0.276. The first-order chi connectivity index (χ1) is 10.3. The van der Waals surface area contributed by atoms with E-state index >= 15 is 0 Å². The number of carboxylic acids is 1. The highest BCUT2D eigenvalue weighted by atomic mass is 16.6. The Balaban J connectivity index is 0.00000116. The average molecular weight is 316 g/mol. The molecule has 0 spiro atoms. The van der Waals surface area contributed by atoms with Crippen molar-refractivity contribution in [2.45, 2.75) is 52.3 Å². The summed E-state index contributed by atoms with van der Waals surface area (Å²) in [6, 6.07) is -0.586. The van der Waals surface area contributed by atoms with Gasteiger partial charge in [-0.05, 0) is 20.8 Å². The van der Waals surface area contributed by atoms with Gasteiger partial charge in [-0.25, -0.2) is 9.59 Å². The number of carbonyl (C=O) groups is 2. The van der Waals surface area contributed by atoms with Crippen molar-refractivity contribution < 1.29 is 24.2 Å². The summed E-state index contributed by atoms with van der Waals surface area (Å²) in [6.45, 7) is 11.9. The first-order valence-electron chi connectivity index (χ1n) is 7.82. The maximum Gasteiger partial charge on any atom is 0.411 e. The number of piperazine rings is 1. The van der Waals surface area contributed by atoms with Crippen molar-refractivity contribution >= 4 is 12.1 Å². The Morgan fingerprint density at radius 2 is 1.77 bits per heavy atom. The molecule has 0 aromatic heterocycles. The molecular weight excluding hydrogens is 288 g/mol. The summed E-state index contributed by atoms with van der Waals surface area (Å²) < 4.78 is 10.4. The summed E-state index contributed by atoms with van der Waals surface area (Å²) in [5.41, 5.74) is -0.626. The Morgan fingerprint density at radius 3 is 2.18 bits per heavy atom. The van der Waals surface area contributed by atoms with Crippen LogP contribution in [-0.4, -0.2) is 77.5 Å². The molecular formula is C15H28N2O5. The molecule has 0 aliphatic carbocycles. The molecule has 1 unspecified atom stereocenters. The predicted octanol–water partition coefficient (Wildman–Crippen LogP) is 1.42. The van der Waals surface area contributed by atoms with Gasteiger partial charge < -0.3 is 14.6 Å². The molecule has 7 heteroatoms. The van der Waals surface area contributed by atoms with E-state index in [9.17, 15) is 14.7 Å². The minimum Gasteiger partial charge on any atom is -0.480 e. The van der Waals surface area contributed by atoms with E-state index in [1.165, 1.54) is 4.90 Å². The van der Waals surface area contributed by atoms with Crippen molar-refractivity contribution in [1.29, 1.82) is 0 Å². The van der Waals surface area contributed by atoms with Crippen LogP contribution < -0.4 is 0 Å². The summed E-state index contributed by atoms with van der Waals surface area (Å²) in [4.78, 5) is 26.9. The quantitative estimate of drug-likeness (QED) is 0.830. The normalized spacial score (nSPS) is 23.1. The zero-order valence-corrected chi connectivity index (χ0v) is 14.2. The molecule has 128 valence electrons. The topological polar surface area (TPSA) is 79.3 Å². The number of rotatable bonds is 2. The van der Waals surface area contributed by atoms with Crippen LogP contribution in [0.25, 0.3) is 0 Å². The Bertz CT molecular complexity index is 390. The van der Waals surface area contributed by atoms with Gasteiger partial charge in [0.25, 0.3) is 0 Å². The number of hydrogen-bond acceptors (Lipinski definition) is 5. The molecule has 2 aliphatic heterocycles. The lowest BCUT2D eigenvalue weighted by molar-refractivity contribution is -0.149. The van der Waals surface area contributed by atoms with Gasteiger partial charge in [0.05, 0.1) is 19.3 Å². The van der Waals surface area contributed by atoms with E-state index in [4.69, 9.17) is 9.47 Å². The molecule has 0 radical (unpaired) electrons. The molecule has 0 aromatic carbocycles. The van der Waals surface area contributed by atoms with Crippen molar-refractivity contribution in [2.24, 2.45) is 0 Å². The van der Waals surface area contributed by atoms with E-state index in [-0.39, 0.29) is 6.04 Å². The molecule has 7 nitrogen and oxygen atoms in total. The molecule has 2 aliphatic rings. The fourth-order valence-corrected chi connectivity index (χ4v) is 2.32. The number of carbonyl (C=O) groups excluding carboxylic acids is 1. The zero-order valence-electron chi connectivity index (χ0n) is 14.2. The second-order valence-corrected chi connectivity index (χ2v) is 6.21. The number of nitrogens with zero attached hydrogens (tertiary/aromatic N) is 2. The van der Waals surface area contributed by atoms with E-state index in [0.29, 0.717) is 32.8 Å². The third kappa shape index (κ3) is 4.84. The van der Waals surface area contributed by atoms with Gasteiger partial charge in [-0.2, -0.15) is 0 Å². The second kappa shape index (κ2) is 7.78. The number of aliphatic carboxylic acids is 1. The van der Waals surface area contributed by atoms with Gasteiger partial charge >= 0.3 is 12.1 Å². The maximum absolute atomic E-state index is 12.1. The Kier molecular flexibility index (Phi) is 6.62. The highest BCUT2D eigenvalue weighted by Gasteiger charge is 2.40. The predicted molar refractivity (Wildman–Crippen MR) is 81.9 cm³/mol. The van der Waals surface area contributed by atoms with Crippen molar-refractivity contribution in [1.82, 2.24) is 9.80 Å². The molecule has 22 heavy (non-hydrogen) atoms. The summed E-state index contributed by atoms with van der Waals surface area (Å²) in [7, 11) is 0. The molecule has 0 aromatic rings. The highest BCUT2D eigenvalue weighted by Crippen LogP contribution is 2.20. The smallest absolute Gasteiger partial charge is 0.411 e. The van der Waals surface area contributed by atoms with Crippen LogP contribution in [0.1, 0.15) is 34.6 Å². The largest absolute Gasteiger partial charge is 0.480 e. The molecule has 1 amide bonds. The first-order valence-corrected chi connectivity index (χ1v) is 7.82. The van der Waals surface area contributed by atoms with E-state index in [1.807, 2.05) is 13.8 Å². The lowest BCUT2D eigenvalue weighted by atomic mass is 10.1. The Labute approximate surface area is 132 Å². The molecule has 0 bridgehead atoms. The Morgan fingerprint density at radius 1 is 1.18 bits per heavy atom. The molecule has 2 saturated heterocycles. The van der Waals surface area contributed by atoms with E-state index in [0.717, 1.165) is 0 Å². The van der Waals surface area contributed by atoms with Gasteiger partial charge in [-0.3, -0.25) is 9.80 Å². The second-order valence-electron chi connectivity index (χ2n) is 6.21. The van der Waals surface area contributed by atoms with Gasteiger partial charge in [0.1, 0.15) is 11.6 Å². The van der Waals surface area contributed by atoms with Crippen molar-refractivity contribution in [3.8, 4) is 0 Å². The van der Waals surface area contributed by atoms with Crippen LogP contribution in [0.4, 0.5) is 4.79 Å². The van der Waals surface area contributed by atoms with Crippen LogP contribution in [0.3, 0.4) is 0 Å². The molecule has 1 atom stereocenters. The van der Waals surface area contributed by atoms with E-state index < -0.39 is 23.7 Å². The number of ether oxygens (including phenoxy) is 2. The van der Waals surface area contributed by atoms with Crippen LogP contribution in [0.15, 0.2) is 0 Å². The van der Waals surface area contributed by atoms with Crippen molar-refractivity contribution in [2.75, 3.05) is 32.8 Å². The summed E-state index contributed by atoms with van der Waals surface area (Å²) in [5.74, 6) is -0.999. The summed E-state index contributed by atoms with van der Waals surface area (Å²) >= 11 is 0. The van der Waals surface area contributed by atoms with Crippen LogP contribution in [0, 0.1) is 0 Å². The first kappa shape index (κ1) is 18.7. The number of hydrogen-bond donors (Lipinski definition) is 1. The van der Waals surface area contributed by atoms with Crippen molar-refractivity contribution in [3.63, 3.8) is 0 Å². The standard InChI is InChI=1S/C13H22N2O5.C2H6/c1-13(2,3)20-12(18)15-5-4-14(9-7-19-8-9)6-10(15)11(16)17;1-2/h9-10H,4-8H2,1-3H3,(H,16,17);1-2H3. The third-order valence-electron chi connectivity index (χ3n) is 3.46. The van der Waals surface area contributed by atoms with Gasteiger partial charge in [0.2, 0.25) is 0 Å². The van der Waals surface area contributed by atoms with Crippen LogP contribution in [0.5, 0.6) is 0 Å². The monoisotopic (exact) mass is 316 g/mol. The third-order valence-corrected chi connectivity index (χ3v) is 3.46. The lowest BCUT2D eigenvalue weighted by Gasteiger charge is -2.45. The fraction of sp³-hybridized carbons (Fsp3) is 0.867. The minimum atomic E-state index is -0.999. The van der Waals surface area contributed by atoms with E-state index in [2.05, 4.69) is 4.90 Å². The highest BCUT2D eigenvalue weighted by molar-refractivity contribution is 5.80. The van der Waals surface area contributed by atoms with Gasteiger partial charge in [0.15, 0.2) is 0 Å². The summed E-state index contributed by atoms with van der Waals surface area (Å²) in [6.07, 6.45) is -0.561. The molecule has 1 N–H and O–H groups in total. The fourth-order valence-electron chi connectivity index (χ4n) is 2.32. The van der Waals surface area contributed by atoms with Crippen LogP contribution in [0.2, 0.25) is 0 Å². The van der Waals surface area contributed by atoms with Crippen LogP contribution >= 0.6 is 0 Å². The molecule has 2 fully saturated rings. The SMILES string of the molecule is CC.CC(C)(C)OC(=O)N1CCN(C2COC2)CC1C(=O)O. The molecule has 0 saturated carbocycles. The lowest BCUT2D eigenvalue weighted by Crippen LogP contribution is -2.63. The van der Waals surface area contributed by atoms with Crippen molar-refractivity contribution in [3.05, 3.63) is 0 Å². The Hall–Kier alpha value is -1.34. The number of carboxylic acid groups (broad SMARTS) is 1. The molecule has 2 rings (SSSR count). The van der Waals surface area contributed by atoms with E-state index in [1.54, 1.807) is 20.8 Å². The number of amides is 1. The van der Waals surface area contributed by atoms with Crippen LogP contribution in [-0.2, 0) is 14.3 Å². The zero-order chi connectivity index (χ0) is 16.9. The van der Waals surface area contributed by atoms with Gasteiger partial charge in [0, 0.05) is 19.6 Å².